The lowest BCUT2D eigenvalue weighted by atomic mass is 10.1. The SMILES string of the molecule is CCCN=C=O.CCOC1(CC)CCCC[Si]1(OCC)OCC.O. The summed E-state index contributed by atoms with van der Waals surface area (Å²) in [5, 5.41) is -0.119. The highest BCUT2D eigenvalue weighted by atomic mass is 28.4. The molecule has 0 aromatic carbocycles. The van der Waals surface area contributed by atoms with Crippen LogP contribution >= 0.6 is 0 Å². The van der Waals surface area contributed by atoms with Crippen LogP contribution in [-0.2, 0) is 18.4 Å². The summed E-state index contributed by atoms with van der Waals surface area (Å²) < 4.78 is 18.5. The lowest BCUT2D eigenvalue weighted by Gasteiger charge is -2.49. The summed E-state index contributed by atoms with van der Waals surface area (Å²) in [6.45, 7) is 13.2. The van der Waals surface area contributed by atoms with Crippen molar-refractivity contribution in [2.24, 2.45) is 4.99 Å². The highest BCUT2D eigenvalue weighted by Crippen LogP contribution is 2.42. The van der Waals surface area contributed by atoms with Crippen molar-refractivity contribution in [3.05, 3.63) is 0 Å². The van der Waals surface area contributed by atoms with Crippen molar-refractivity contribution in [2.75, 3.05) is 26.4 Å². The Kier molecular flexibility index (Phi) is 15.8. The Labute approximate surface area is 148 Å². The molecule has 24 heavy (non-hydrogen) atoms. The van der Waals surface area contributed by atoms with Gasteiger partial charge in [0.2, 0.25) is 6.08 Å². The van der Waals surface area contributed by atoms with Crippen molar-refractivity contribution >= 4 is 14.6 Å². The Morgan fingerprint density at radius 1 is 1.04 bits per heavy atom. The van der Waals surface area contributed by atoms with Crippen LogP contribution in [0.4, 0.5) is 0 Å². The molecule has 0 amide bonds. The zero-order chi connectivity index (χ0) is 17.6. The maximum absolute atomic E-state index is 9.27. The molecule has 1 fully saturated rings. The monoisotopic (exact) mass is 363 g/mol. The third kappa shape index (κ3) is 7.13. The van der Waals surface area contributed by atoms with Crippen molar-refractivity contribution < 1.29 is 23.9 Å². The summed E-state index contributed by atoms with van der Waals surface area (Å²) in [7, 11) is -2.21. The zero-order valence-electron chi connectivity index (χ0n) is 16.2. The first-order valence-electron chi connectivity index (χ1n) is 9.07. The lowest BCUT2D eigenvalue weighted by Crippen LogP contribution is -2.65. The van der Waals surface area contributed by atoms with E-state index in [1.807, 2.05) is 6.92 Å². The normalized spacial score (nSPS) is 21.7. The van der Waals surface area contributed by atoms with Gasteiger partial charge in [-0.15, -0.1) is 0 Å². The Morgan fingerprint density at radius 2 is 1.67 bits per heavy atom. The summed E-state index contributed by atoms with van der Waals surface area (Å²) >= 11 is 0. The molecule has 7 heteroatoms. The molecule has 0 aromatic heterocycles. The molecule has 1 aliphatic rings. The zero-order valence-corrected chi connectivity index (χ0v) is 17.2. The average Bonchev–Trinajstić information content (AvgIpc) is 2.56. The van der Waals surface area contributed by atoms with E-state index in [1.54, 1.807) is 0 Å². The fourth-order valence-electron chi connectivity index (χ4n) is 3.27. The average molecular weight is 364 g/mol. The van der Waals surface area contributed by atoms with Crippen LogP contribution in [0.1, 0.15) is 66.7 Å². The fourth-order valence-corrected chi connectivity index (χ4v) is 7.73. The van der Waals surface area contributed by atoms with Crippen molar-refractivity contribution in [3.8, 4) is 0 Å². The topological polar surface area (TPSA) is 88.6 Å². The second-order valence-electron chi connectivity index (χ2n) is 5.58. The van der Waals surface area contributed by atoms with Gasteiger partial charge in [-0.2, -0.15) is 0 Å². The highest BCUT2D eigenvalue weighted by Gasteiger charge is 2.58. The molecule has 0 aliphatic carbocycles. The van der Waals surface area contributed by atoms with Gasteiger partial charge in [0, 0.05) is 19.8 Å². The molecule has 1 rings (SSSR count). The molecule has 144 valence electrons. The third-order valence-corrected chi connectivity index (χ3v) is 8.84. The van der Waals surface area contributed by atoms with E-state index in [-0.39, 0.29) is 10.7 Å². The molecule has 1 aliphatic heterocycles. The van der Waals surface area contributed by atoms with E-state index in [4.69, 9.17) is 13.6 Å². The highest BCUT2D eigenvalue weighted by molar-refractivity contribution is 6.70. The smallest absolute Gasteiger partial charge is 0.371 e. The number of hydrogen-bond acceptors (Lipinski definition) is 5. The van der Waals surface area contributed by atoms with E-state index in [2.05, 4.69) is 32.7 Å². The fraction of sp³-hybridized carbons (Fsp3) is 0.941. The van der Waals surface area contributed by atoms with Crippen molar-refractivity contribution in [2.45, 2.75) is 78.0 Å². The molecule has 1 saturated heterocycles. The van der Waals surface area contributed by atoms with Gasteiger partial charge in [-0.25, -0.2) is 9.79 Å². The van der Waals surface area contributed by atoms with E-state index in [1.165, 1.54) is 18.9 Å². The number of isocyanates is 1. The van der Waals surface area contributed by atoms with E-state index in [0.717, 1.165) is 45.1 Å². The minimum atomic E-state index is -2.21. The van der Waals surface area contributed by atoms with Gasteiger partial charge in [0.05, 0.1) is 6.54 Å². The van der Waals surface area contributed by atoms with Crippen LogP contribution in [0.15, 0.2) is 4.99 Å². The summed E-state index contributed by atoms with van der Waals surface area (Å²) in [5.74, 6) is 0. The van der Waals surface area contributed by atoms with Crippen LogP contribution < -0.4 is 0 Å². The van der Waals surface area contributed by atoms with E-state index < -0.39 is 8.56 Å². The maximum atomic E-state index is 9.27. The molecule has 0 spiro atoms. The number of ether oxygens (including phenoxy) is 1. The maximum Gasteiger partial charge on any atom is 0.371 e. The second-order valence-corrected chi connectivity index (χ2v) is 9.07. The molecule has 0 radical (unpaired) electrons. The van der Waals surface area contributed by atoms with Gasteiger partial charge in [0.25, 0.3) is 0 Å². The standard InChI is InChI=1S/C13H28O3Si.C4H7NO.H2O/c1-5-13(14-6-2)11-9-10-12-17(13,15-7-3)16-8-4;1-2-3-5-4-6;/h5-12H2,1-4H3;2-3H2,1H3;1H2. The first-order chi connectivity index (χ1) is 11.1. The van der Waals surface area contributed by atoms with Crippen LogP contribution in [0.2, 0.25) is 6.04 Å². The van der Waals surface area contributed by atoms with Crippen LogP contribution in [0.5, 0.6) is 0 Å². The van der Waals surface area contributed by atoms with Crippen LogP contribution in [0.3, 0.4) is 0 Å². The minimum Gasteiger partial charge on any atom is -0.412 e. The number of hydrogen-bond donors (Lipinski definition) is 0. The van der Waals surface area contributed by atoms with Crippen molar-refractivity contribution in [1.82, 2.24) is 0 Å². The van der Waals surface area contributed by atoms with E-state index in [0.29, 0.717) is 6.54 Å². The number of carbonyl (C=O) groups excluding carboxylic acids is 1. The van der Waals surface area contributed by atoms with Crippen LogP contribution in [-0.4, -0.2) is 51.7 Å². The summed E-state index contributed by atoms with van der Waals surface area (Å²) in [6.07, 6.45) is 6.94. The van der Waals surface area contributed by atoms with Gasteiger partial charge >= 0.3 is 8.56 Å². The molecule has 2 N–H and O–H groups in total. The predicted octanol–water partition coefficient (Wildman–Crippen LogP) is 3.32. The molecule has 1 unspecified atom stereocenters. The quantitative estimate of drug-likeness (QED) is 0.357. The third-order valence-electron chi connectivity index (χ3n) is 4.18. The Bertz CT molecular complexity index is 334. The first-order valence-corrected chi connectivity index (χ1v) is 11.1. The largest absolute Gasteiger partial charge is 0.412 e. The van der Waals surface area contributed by atoms with Crippen molar-refractivity contribution in [3.63, 3.8) is 0 Å². The van der Waals surface area contributed by atoms with E-state index in [9.17, 15) is 4.79 Å². The molecule has 1 heterocycles. The molecule has 1 atom stereocenters. The number of nitrogens with zero attached hydrogens (tertiary/aromatic N) is 1. The second kappa shape index (κ2) is 14.8. The Balaban J connectivity index is 0. The van der Waals surface area contributed by atoms with E-state index >= 15 is 0 Å². The Hall–Kier alpha value is -0.563. The van der Waals surface area contributed by atoms with Crippen LogP contribution in [0, 0.1) is 0 Å². The van der Waals surface area contributed by atoms with Gasteiger partial charge in [0.1, 0.15) is 5.22 Å². The van der Waals surface area contributed by atoms with Gasteiger partial charge < -0.3 is 19.1 Å². The predicted molar refractivity (Wildman–Crippen MR) is 99.2 cm³/mol. The molecule has 0 saturated carbocycles. The van der Waals surface area contributed by atoms with Crippen LogP contribution in [0.25, 0.3) is 0 Å². The summed E-state index contributed by atoms with van der Waals surface area (Å²) in [4.78, 5) is 12.6. The number of rotatable bonds is 9. The first kappa shape index (κ1) is 25.7. The molecule has 6 nitrogen and oxygen atoms in total. The van der Waals surface area contributed by atoms with Crippen molar-refractivity contribution in [1.29, 1.82) is 0 Å². The Morgan fingerprint density at radius 3 is 2.04 bits per heavy atom. The minimum absolute atomic E-state index is 0. The molecular weight excluding hydrogens is 326 g/mol. The summed E-state index contributed by atoms with van der Waals surface area (Å²) in [5.41, 5.74) is 0. The summed E-state index contributed by atoms with van der Waals surface area (Å²) in [6, 6.07) is 1.09. The molecule has 0 bridgehead atoms. The molecular formula is C17H37NO5Si. The number of aliphatic imine (C=N–C) groups is 1. The van der Waals surface area contributed by atoms with Gasteiger partial charge in [-0.05, 0) is 46.1 Å². The van der Waals surface area contributed by atoms with Gasteiger partial charge in [-0.1, -0.05) is 26.7 Å². The van der Waals surface area contributed by atoms with Gasteiger partial charge in [-0.3, -0.25) is 0 Å². The van der Waals surface area contributed by atoms with Gasteiger partial charge in [0.15, 0.2) is 0 Å². The molecule has 0 aromatic rings. The lowest BCUT2D eigenvalue weighted by molar-refractivity contribution is -0.0426.